The average molecular weight is 193 g/mol. The fourth-order valence-electron chi connectivity index (χ4n) is 2.16. The van der Waals surface area contributed by atoms with Gasteiger partial charge in [0.1, 0.15) is 6.17 Å². The quantitative estimate of drug-likeness (QED) is 0.656. The first-order chi connectivity index (χ1) is 6.88. The molecule has 0 aliphatic carbocycles. The molecular formula is C11H19N3. The van der Waals surface area contributed by atoms with Crippen LogP contribution in [0.1, 0.15) is 25.7 Å². The molecule has 0 amide bonds. The molecule has 3 heteroatoms. The molecule has 2 aliphatic heterocycles. The lowest BCUT2D eigenvalue weighted by molar-refractivity contribution is 0.209. The van der Waals surface area contributed by atoms with Crippen molar-refractivity contribution in [2.24, 2.45) is 5.73 Å². The molecule has 1 unspecified atom stereocenters. The highest BCUT2D eigenvalue weighted by atomic mass is 15.3. The number of allylic oxidation sites excluding steroid dienone is 2. The Labute approximate surface area is 85.6 Å². The number of dihydropyridines is 1. The molecule has 2 heterocycles. The van der Waals surface area contributed by atoms with Gasteiger partial charge in [0.05, 0.1) is 0 Å². The zero-order valence-corrected chi connectivity index (χ0v) is 8.58. The molecule has 0 aromatic carbocycles. The lowest BCUT2D eigenvalue weighted by Gasteiger charge is -2.32. The van der Waals surface area contributed by atoms with Crippen LogP contribution in [0.5, 0.6) is 0 Å². The van der Waals surface area contributed by atoms with Crippen molar-refractivity contribution >= 4 is 0 Å². The van der Waals surface area contributed by atoms with Crippen molar-refractivity contribution in [3.63, 3.8) is 0 Å². The Balaban J connectivity index is 1.99. The van der Waals surface area contributed by atoms with Crippen LogP contribution in [0.25, 0.3) is 0 Å². The summed E-state index contributed by atoms with van der Waals surface area (Å²) in [5.41, 5.74) is 6.91. The number of rotatable bonds is 1. The number of nitrogens with zero attached hydrogens (tertiary/aromatic N) is 1. The summed E-state index contributed by atoms with van der Waals surface area (Å²) in [5, 5.41) is 3.32. The summed E-state index contributed by atoms with van der Waals surface area (Å²) in [6, 6.07) is 0. The number of hydrogen-bond donors (Lipinski definition) is 2. The van der Waals surface area contributed by atoms with E-state index in [1.165, 1.54) is 38.8 Å². The first kappa shape index (κ1) is 9.59. The van der Waals surface area contributed by atoms with Crippen LogP contribution in [0.3, 0.4) is 0 Å². The van der Waals surface area contributed by atoms with Crippen molar-refractivity contribution in [2.75, 3.05) is 13.1 Å². The maximum atomic E-state index is 5.97. The Kier molecular flexibility index (Phi) is 3.09. The van der Waals surface area contributed by atoms with Gasteiger partial charge in [-0.15, -0.1) is 0 Å². The van der Waals surface area contributed by atoms with Gasteiger partial charge in [0.15, 0.2) is 0 Å². The number of nitrogens with two attached hydrogens (primary N) is 1. The SMILES string of the molecule is NC1=CC=CNC1N1CCCCCC1. The molecule has 0 aromatic rings. The van der Waals surface area contributed by atoms with Gasteiger partial charge in [-0.05, 0) is 31.2 Å². The molecule has 0 saturated carbocycles. The molecule has 1 atom stereocenters. The van der Waals surface area contributed by atoms with Gasteiger partial charge in [-0.25, -0.2) is 0 Å². The summed E-state index contributed by atoms with van der Waals surface area (Å²) in [7, 11) is 0. The van der Waals surface area contributed by atoms with Crippen molar-refractivity contribution in [2.45, 2.75) is 31.8 Å². The zero-order valence-electron chi connectivity index (χ0n) is 8.58. The Morgan fingerprint density at radius 1 is 1.21 bits per heavy atom. The lowest BCUT2D eigenvalue weighted by Crippen LogP contribution is -2.48. The van der Waals surface area contributed by atoms with E-state index in [0.717, 1.165) is 5.70 Å². The summed E-state index contributed by atoms with van der Waals surface area (Å²) in [6.45, 7) is 2.33. The molecule has 1 fully saturated rings. The van der Waals surface area contributed by atoms with Crippen molar-refractivity contribution < 1.29 is 0 Å². The minimum atomic E-state index is 0.234. The van der Waals surface area contributed by atoms with E-state index in [-0.39, 0.29) is 6.17 Å². The molecule has 3 nitrogen and oxygen atoms in total. The Bertz CT molecular complexity index is 237. The Morgan fingerprint density at radius 3 is 2.57 bits per heavy atom. The Morgan fingerprint density at radius 2 is 1.93 bits per heavy atom. The van der Waals surface area contributed by atoms with Gasteiger partial charge in [0.2, 0.25) is 0 Å². The van der Waals surface area contributed by atoms with E-state index in [0.29, 0.717) is 0 Å². The summed E-state index contributed by atoms with van der Waals surface area (Å²) < 4.78 is 0. The zero-order chi connectivity index (χ0) is 9.80. The minimum absolute atomic E-state index is 0.234. The highest BCUT2D eigenvalue weighted by Crippen LogP contribution is 2.15. The minimum Gasteiger partial charge on any atom is -0.399 e. The predicted molar refractivity (Wildman–Crippen MR) is 58.4 cm³/mol. The summed E-state index contributed by atoms with van der Waals surface area (Å²) in [5.74, 6) is 0. The number of likely N-dealkylation sites (tertiary alicyclic amines) is 1. The van der Waals surface area contributed by atoms with Gasteiger partial charge < -0.3 is 11.1 Å². The van der Waals surface area contributed by atoms with E-state index in [1.54, 1.807) is 0 Å². The van der Waals surface area contributed by atoms with E-state index in [9.17, 15) is 0 Å². The van der Waals surface area contributed by atoms with Gasteiger partial charge in [-0.3, -0.25) is 4.90 Å². The van der Waals surface area contributed by atoms with Crippen LogP contribution in [-0.2, 0) is 0 Å². The van der Waals surface area contributed by atoms with Crippen LogP contribution >= 0.6 is 0 Å². The standard InChI is InChI=1S/C11H19N3/c12-10-6-5-7-13-11(10)14-8-3-1-2-4-9-14/h5-7,11,13H,1-4,8-9,12H2. The third kappa shape index (κ3) is 2.10. The van der Waals surface area contributed by atoms with Crippen LogP contribution in [0.2, 0.25) is 0 Å². The van der Waals surface area contributed by atoms with E-state index < -0.39 is 0 Å². The summed E-state index contributed by atoms with van der Waals surface area (Å²) in [4.78, 5) is 2.45. The molecule has 2 aliphatic rings. The van der Waals surface area contributed by atoms with Crippen molar-refractivity contribution in [1.82, 2.24) is 10.2 Å². The second-order valence-electron chi connectivity index (χ2n) is 4.05. The van der Waals surface area contributed by atoms with Gasteiger partial charge >= 0.3 is 0 Å². The van der Waals surface area contributed by atoms with Crippen LogP contribution in [0.15, 0.2) is 24.0 Å². The molecule has 2 rings (SSSR count). The summed E-state index contributed by atoms with van der Waals surface area (Å²) in [6.07, 6.45) is 11.5. The number of nitrogens with one attached hydrogen (secondary N) is 1. The largest absolute Gasteiger partial charge is 0.399 e. The van der Waals surface area contributed by atoms with Gasteiger partial charge in [0, 0.05) is 18.8 Å². The average Bonchev–Trinajstić information content (AvgIpc) is 2.47. The normalized spacial score (nSPS) is 29.1. The monoisotopic (exact) mass is 193 g/mol. The van der Waals surface area contributed by atoms with Crippen LogP contribution in [-0.4, -0.2) is 24.2 Å². The van der Waals surface area contributed by atoms with Crippen LogP contribution in [0, 0.1) is 0 Å². The second kappa shape index (κ2) is 4.51. The molecule has 14 heavy (non-hydrogen) atoms. The van der Waals surface area contributed by atoms with Crippen molar-refractivity contribution in [3.8, 4) is 0 Å². The molecular weight excluding hydrogens is 174 g/mol. The predicted octanol–water partition coefficient (Wildman–Crippen LogP) is 1.15. The molecule has 0 spiro atoms. The third-order valence-electron chi connectivity index (χ3n) is 2.96. The van der Waals surface area contributed by atoms with Crippen LogP contribution < -0.4 is 11.1 Å². The molecule has 3 N–H and O–H groups in total. The highest BCUT2D eigenvalue weighted by Gasteiger charge is 2.21. The Hall–Kier alpha value is -0.960. The lowest BCUT2D eigenvalue weighted by atomic mass is 10.2. The topological polar surface area (TPSA) is 41.3 Å². The van der Waals surface area contributed by atoms with Gasteiger partial charge in [-0.1, -0.05) is 12.8 Å². The van der Waals surface area contributed by atoms with Crippen molar-refractivity contribution in [1.29, 1.82) is 0 Å². The van der Waals surface area contributed by atoms with Gasteiger partial charge in [0.25, 0.3) is 0 Å². The highest BCUT2D eigenvalue weighted by molar-refractivity contribution is 5.19. The van der Waals surface area contributed by atoms with E-state index >= 15 is 0 Å². The second-order valence-corrected chi connectivity index (χ2v) is 4.05. The van der Waals surface area contributed by atoms with E-state index in [2.05, 4.69) is 10.2 Å². The van der Waals surface area contributed by atoms with Crippen LogP contribution in [0.4, 0.5) is 0 Å². The first-order valence-corrected chi connectivity index (χ1v) is 5.50. The first-order valence-electron chi connectivity index (χ1n) is 5.50. The third-order valence-corrected chi connectivity index (χ3v) is 2.96. The molecule has 0 radical (unpaired) electrons. The van der Waals surface area contributed by atoms with Gasteiger partial charge in [-0.2, -0.15) is 0 Å². The molecule has 78 valence electrons. The molecule has 0 bridgehead atoms. The maximum absolute atomic E-state index is 5.97. The van der Waals surface area contributed by atoms with E-state index in [1.807, 2.05) is 18.4 Å². The number of hydrogen-bond acceptors (Lipinski definition) is 3. The molecule has 0 aromatic heterocycles. The fraction of sp³-hybridized carbons (Fsp3) is 0.636. The molecule has 1 saturated heterocycles. The smallest absolute Gasteiger partial charge is 0.120 e. The summed E-state index contributed by atoms with van der Waals surface area (Å²) >= 11 is 0. The van der Waals surface area contributed by atoms with Crippen molar-refractivity contribution in [3.05, 3.63) is 24.0 Å². The maximum Gasteiger partial charge on any atom is 0.120 e. The fourth-order valence-corrected chi connectivity index (χ4v) is 2.16. The van der Waals surface area contributed by atoms with E-state index in [4.69, 9.17) is 5.73 Å².